The molecule has 4 rings (SSSR count). The van der Waals surface area contributed by atoms with Crippen LogP contribution in [0.2, 0.25) is 0 Å². The van der Waals surface area contributed by atoms with Gasteiger partial charge in [0.1, 0.15) is 11.6 Å². The van der Waals surface area contributed by atoms with Crippen molar-refractivity contribution < 1.29 is 13.6 Å². The number of thiazole rings is 1. The number of rotatable bonds is 3. The van der Waals surface area contributed by atoms with Crippen LogP contribution in [0.4, 0.5) is 14.5 Å². The molecule has 0 atom stereocenters. The summed E-state index contributed by atoms with van der Waals surface area (Å²) in [6.45, 7) is 2.00. The molecule has 0 fully saturated rings. The van der Waals surface area contributed by atoms with Gasteiger partial charge in [0.25, 0.3) is 5.91 Å². The molecule has 0 saturated heterocycles. The molecule has 1 amide bonds. The van der Waals surface area contributed by atoms with E-state index in [1.54, 1.807) is 29.5 Å². The van der Waals surface area contributed by atoms with Crippen LogP contribution in [0, 0.1) is 18.6 Å². The largest absolute Gasteiger partial charge is 0.322 e. The number of benzene rings is 2. The first-order valence-corrected chi connectivity index (χ1v) is 8.69. The minimum Gasteiger partial charge on any atom is -0.322 e. The highest BCUT2D eigenvalue weighted by molar-refractivity contribution is 7.15. The number of aryl methyl sites for hydroxylation is 1. The van der Waals surface area contributed by atoms with Gasteiger partial charge in [-0.05, 0) is 31.2 Å². The first-order valence-electron chi connectivity index (χ1n) is 7.81. The summed E-state index contributed by atoms with van der Waals surface area (Å²) in [6, 6.07) is 9.99. The van der Waals surface area contributed by atoms with Crippen molar-refractivity contribution in [3.05, 3.63) is 76.9 Å². The van der Waals surface area contributed by atoms with E-state index in [2.05, 4.69) is 10.3 Å². The zero-order chi connectivity index (χ0) is 18.3. The van der Waals surface area contributed by atoms with Gasteiger partial charge < -0.3 is 5.32 Å². The Labute approximate surface area is 151 Å². The van der Waals surface area contributed by atoms with Crippen LogP contribution in [0.25, 0.3) is 16.2 Å². The third kappa shape index (κ3) is 2.97. The van der Waals surface area contributed by atoms with Gasteiger partial charge in [-0.1, -0.05) is 12.1 Å². The van der Waals surface area contributed by atoms with Crippen molar-refractivity contribution >= 4 is 27.9 Å². The quantitative estimate of drug-likeness (QED) is 0.558. The van der Waals surface area contributed by atoms with Gasteiger partial charge >= 0.3 is 0 Å². The Morgan fingerprint density at radius 1 is 1.19 bits per heavy atom. The predicted molar refractivity (Wildman–Crippen MR) is 97.6 cm³/mol. The normalized spacial score (nSPS) is 11.0. The smallest absolute Gasteiger partial charge is 0.258 e. The highest BCUT2D eigenvalue weighted by Gasteiger charge is 2.14. The van der Waals surface area contributed by atoms with Crippen LogP contribution in [0.15, 0.2) is 54.0 Å². The van der Waals surface area contributed by atoms with Gasteiger partial charge in [-0.25, -0.2) is 13.8 Å². The standard InChI is InChI=1S/C19H13F2N3OS/c1-11-10-26-19-23-17(9-24(11)19)12-3-2-4-14(7-12)22-18(25)15-6-5-13(20)8-16(15)21/h2-10H,1H3,(H,22,25). The molecule has 26 heavy (non-hydrogen) atoms. The molecule has 0 bridgehead atoms. The Morgan fingerprint density at radius 2 is 2.04 bits per heavy atom. The minimum atomic E-state index is -0.900. The van der Waals surface area contributed by atoms with E-state index in [1.165, 1.54) is 0 Å². The summed E-state index contributed by atoms with van der Waals surface area (Å²) < 4.78 is 28.7. The number of imidazole rings is 1. The number of carbonyl (C=O) groups excluding carboxylic acids is 1. The fourth-order valence-electron chi connectivity index (χ4n) is 2.66. The molecule has 2 aromatic carbocycles. The highest BCUT2D eigenvalue weighted by atomic mass is 32.1. The average molecular weight is 369 g/mol. The molecule has 0 spiro atoms. The van der Waals surface area contributed by atoms with E-state index < -0.39 is 17.5 Å². The first kappa shape index (κ1) is 16.4. The van der Waals surface area contributed by atoms with Crippen molar-refractivity contribution in [2.45, 2.75) is 6.92 Å². The van der Waals surface area contributed by atoms with Crippen LogP contribution in [-0.4, -0.2) is 15.3 Å². The Bertz CT molecular complexity index is 1130. The van der Waals surface area contributed by atoms with Crippen LogP contribution in [0.3, 0.4) is 0 Å². The number of carbonyl (C=O) groups is 1. The number of nitrogens with zero attached hydrogens (tertiary/aromatic N) is 2. The number of halogens is 2. The summed E-state index contributed by atoms with van der Waals surface area (Å²) in [5.41, 5.74) is 3.00. The minimum absolute atomic E-state index is 0.213. The molecular weight excluding hydrogens is 356 g/mol. The van der Waals surface area contributed by atoms with Gasteiger partial charge in [0.05, 0.1) is 11.3 Å². The number of amides is 1. The third-order valence-electron chi connectivity index (χ3n) is 3.98. The van der Waals surface area contributed by atoms with Gasteiger partial charge in [-0.15, -0.1) is 11.3 Å². The maximum absolute atomic E-state index is 13.8. The number of nitrogens with one attached hydrogen (secondary N) is 1. The molecule has 130 valence electrons. The lowest BCUT2D eigenvalue weighted by Crippen LogP contribution is -2.13. The average Bonchev–Trinajstić information content (AvgIpc) is 3.17. The van der Waals surface area contributed by atoms with Crippen LogP contribution in [0.1, 0.15) is 16.1 Å². The molecule has 0 aliphatic heterocycles. The summed E-state index contributed by atoms with van der Waals surface area (Å²) in [4.78, 5) is 17.7. The van der Waals surface area contributed by atoms with Crippen molar-refractivity contribution in [3.8, 4) is 11.3 Å². The summed E-state index contributed by atoms with van der Waals surface area (Å²) in [7, 11) is 0. The Balaban J connectivity index is 1.62. The van der Waals surface area contributed by atoms with Crippen LogP contribution in [-0.2, 0) is 0 Å². The molecule has 1 N–H and O–H groups in total. The van der Waals surface area contributed by atoms with Crippen molar-refractivity contribution in [1.29, 1.82) is 0 Å². The maximum atomic E-state index is 13.8. The second kappa shape index (κ2) is 6.34. The second-order valence-electron chi connectivity index (χ2n) is 5.81. The van der Waals surface area contributed by atoms with E-state index >= 15 is 0 Å². The van der Waals surface area contributed by atoms with Gasteiger partial charge in [-0.3, -0.25) is 9.20 Å². The van der Waals surface area contributed by atoms with E-state index in [1.807, 2.05) is 29.0 Å². The summed E-state index contributed by atoms with van der Waals surface area (Å²) >= 11 is 1.55. The molecule has 4 nitrogen and oxygen atoms in total. The third-order valence-corrected chi connectivity index (χ3v) is 4.94. The van der Waals surface area contributed by atoms with E-state index in [0.29, 0.717) is 11.8 Å². The first-order chi connectivity index (χ1) is 12.5. The fourth-order valence-corrected chi connectivity index (χ4v) is 3.51. The van der Waals surface area contributed by atoms with Gasteiger partial charge in [0, 0.05) is 34.6 Å². The topological polar surface area (TPSA) is 46.4 Å². The Morgan fingerprint density at radius 3 is 2.81 bits per heavy atom. The Hall–Kier alpha value is -3.06. The zero-order valence-electron chi connectivity index (χ0n) is 13.7. The van der Waals surface area contributed by atoms with Gasteiger partial charge in [0.15, 0.2) is 4.96 Å². The van der Waals surface area contributed by atoms with Crippen molar-refractivity contribution in [2.75, 3.05) is 5.32 Å². The van der Waals surface area contributed by atoms with E-state index in [4.69, 9.17) is 0 Å². The molecule has 0 radical (unpaired) electrons. The van der Waals surface area contributed by atoms with Crippen LogP contribution < -0.4 is 5.32 Å². The Kier molecular flexibility index (Phi) is 4.00. The lowest BCUT2D eigenvalue weighted by molar-refractivity contribution is 0.102. The number of hydrogen-bond donors (Lipinski definition) is 1. The predicted octanol–water partition coefficient (Wildman–Crippen LogP) is 4.90. The van der Waals surface area contributed by atoms with E-state index in [-0.39, 0.29) is 5.56 Å². The lowest BCUT2D eigenvalue weighted by atomic mass is 10.1. The SMILES string of the molecule is Cc1csc2nc(-c3cccc(NC(=O)c4ccc(F)cc4F)c3)cn12. The highest BCUT2D eigenvalue weighted by Crippen LogP contribution is 2.25. The second-order valence-corrected chi connectivity index (χ2v) is 6.65. The molecule has 2 aromatic heterocycles. The van der Waals surface area contributed by atoms with E-state index in [0.717, 1.165) is 34.0 Å². The lowest BCUT2D eigenvalue weighted by Gasteiger charge is -2.07. The van der Waals surface area contributed by atoms with Crippen LogP contribution in [0.5, 0.6) is 0 Å². The molecule has 0 unspecified atom stereocenters. The molecule has 4 aromatic rings. The van der Waals surface area contributed by atoms with Gasteiger partial charge in [-0.2, -0.15) is 0 Å². The zero-order valence-corrected chi connectivity index (χ0v) is 14.5. The monoisotopic (exact) mass is 369 g/mol. The van der Waals surface area contributed by atoms with Crippen molar-refractivity contribution in [3.63, 3.8) is 0 Å². The van der Waals surface area contributed by atoms with Crippen molar-refractivity contribution in [2.24, 2.45) is 0 Å². The number of fused-ring (bicyclic) bond motifs is 1. The summed E-state index contributed by atoms with van der Waals surface area (Å²) in [5.74, 6) is -2.26. The molecule has 0 aliphatic rings. The molecule has 0 saturated carbocycles. The maximum Gasteiger partial charge on any atom is 0.258 e. The van der Waals surface area contributed by atoms with Crippen LogP contribution >= 0.6 is 11.3 Å². The number of hydrogen-bond acceptors (Lipinski definition) is 3. The molecule has 7 heteroatoms. The number of anilines is 1. The van der Waals surface area contributed by atoms with E-state index in [9.17, 15) is 13.6 Å². The van der Waals surface area contributed by atoms with Gasteiger partial charge in [0.2, 0.25) is 0 Å². The summed E-state index contributed by atoms with van der Waals surface area (Å²) in [6.07, 6.45) is 1.93. The molecule has 2 heterocycles. The molecule has 0 aliphatic carbocycles. The summed E-state index contributed by atoms with van der Waals surface area (Å²) in [5, 5.41) is 4.66. The number of aromatic nitrogens is 2. The molecular formula is C19H13F2N3OS. The fraction of sp³-hybridized carbons (Fsp3) is 0.0526. The van der Waals surface area contributed by atoms with Crippen molar-refractivity contribution in [1.82, 2.24) is 9.38 Å².